The molecule has 0 aromatic heterocycles. The molecule has 5 aliphatic heterocycles. The number of aliphatic carboxylic acids is 1. The van der Waals surface area contributed by atoms with Crippen LogP contribution in [-0.2, 0) is 137 Å². The number of benzene rings is 8. The first-order valence-electron chi connectivity index (χ1n) is 46.1. The Labute approximate surface area is 848 Å². The van der Waals surface area contributed by atoms with Crippen molar-refractivity contribution in [2.45, 2.75) is 211 Å². The maximum Gasteiger partial charge on any atom is 0.333 e. The molecule has 2 atom stereocenters. The quantitative estimate of drug-likeness (QED) is 0.0122. The summed E-state index contributed by atoms with van der Waals surface area (Å²) < 4.78 is 329. The van der Waals surface area contributed by atoms with E-state index in [-0.39, 0.29) is 88.3 Å². The van der Waals surface area contributed by atoms with Gasteiger partial charge in [0.25, 0.3) is 11.8 Å². The standard InChI is InChI=1S/C52H59N3O16S4.C47H54N2O17S5/c1-34-30-36(74(65,66)67)32-40-38(34)19-21-42-49(40)51(3,4)44(53(42)26-14-28-72(59,60)61)16-10-7-6-8-11-17-45-52(5,25-13-9-12-18-48(58)71-55-46(56)23-24-47(55)57)50-41-33-37(75(68,69)70)31-35(2)39(41)20-22-43(50)54(45)27-15-29-73(62,63)64;1-31-27-32(69(58,59)60)28-36-34(31)18-20-39-45(36)47(4,22-12-8-11-17-43(50)51)42(49(39)24-14-26-68(55,56)57)16-10-7-5-6-9-15-41-46(2,3)44-37-29-33(70(61,62)63)30-40(71(64,65)66)35(37)19-21-38(44)48(41)23-13-25-67(52,53)54/h6-8,10-11,16-17,19-22,30-33H,9,12-15,18,23-29H2,1-5H3,(H3-,59,60,61,62,63,64,65,66,67,68,69,70);5-7,9-10,15-16,18-21,27-30H,8,11-14,17,22-26H2,1-4H3,(H5-,50,51,52,53,54,55,56,57,58,59,60,61,62,63,64,65,66)/p-7. The maximum absolute atomic E-state index is 12.6. The number of amides is 2. The van der Waals surface area contributed by atoms with Crippen LogP contribution in [0.2, 0.25) is 0 Å². The molecular formula is C99H106N5O33S9-7. The van der Waals surface area contributed by atoms with Crippen molar-refractivity contribution in [2.24, 2.45) is 0 Å². The lowest BCUT2D eigenvalue weighted by atomic mass is 9.75. The van der Waals surface area contributed by atoms with Gasteiger partial charge in [-0.2, -0.15) is 9.15 Å². The predicted molar refractivity (Wildman–Crippen MR) is 534 cm³/mol. The molecular weight excluding hydrogens is 2080 g/mol. The van der Waals surface area contributed by atoms with Gasteiger partial charge in [0.2, 0.25) is 11.4 Å². The van der Waals surface area contributed by atoms with E-state index in [0.717, 1.165) is 6.07 Å². The van der Waals surface area contributed by atoms with Crippen LogP contribution in [0.1, 0.15) is 183 Å². The molecule has 0 spiro atoms. The summed E-state index contributed by atoms with van der Waals surface area (Å²) in [7, 11) is -43.6. The summed E-state index contributed by atoms with van der Waals surface area (Å²) in [4.78, 5) is 53.5. The van der Waals surface area contributed by atoms with Crippen molar-refractivity contribution in [1.29, 1.82) is 0 Å². The zero-order chi connectivity index (χ0) is 108. The van der Waals surface area contributed by atoms with E-state index in [4.69, 9.17) is 4.84 Å². The number of nitrogens with zero attached hydrogens (tertiary/aromatic N) is 5. The summed E-state index contributed by atoms with van der Waals surface area (Å²) in [6.07, 6.45) is 26.9. The summed E-state index contributed by atoms with van der Waals surface area (Å²) in [5.74, 6) is -5.60. The number of carboxylic acids is 1. The number of allylic oxidation sites excluding steroid dienone is 16. The van der Waals surface area contributed by atoms with Crippen LogP contribution in [0, 0.1) is 20.8 Å². The van der Waals surface area contributed by atoms with Crippen molar-refractivity contribution in [3.8, 4) is 0 Å². The van der Waals surface area contributed by atoms with Crippen LogP contribution in [0.15, 0.2) is 218 Å². The fourth-order valence-electron chi connectivity index (χ4n) is 20.4. The van der Waals surface area contributed by atoms with Gasteiger partial charge in [0.15, 0.2) is 11.4 Å². The number of carbonyl (C=O) groups excluding carboxylic acids is 3. The highest BCUT2D eigenvalue weighted by Gasteiger charge is 2.50. The largest absolute Gasteiger partial charge is 0.748 e. The first kappa shape index (κ1) is 114. The van der Waals surface area contributed by atoms with Gasteiger partial charge in [-0.15, -0.1) is 5.06 Å². The zero-order valence-electron chi connectivity index (χ0n) is 80.7. The molecule has 8 aromatic rings. The summed E-state index contributed by atoms with van der Waals surface area (Å²) in [5.41, 5.74) is 4.76. The van der Waals surface area contributed by atoms with E-state index in [0.29, 0.717) is 179 Å². The lowest BCUT2D eigenvalue weighted by Gasteiger charge is -2.31. The molecule has 47 heteroatoms. The molecule has 1 N–H and O–H groups in total. The third-order valence-corrected chi connectivity index (χ3v) is 34.1. The molecule has 38 nitrogen and oxygen atoms in total. The van der Waals surface area contributed by atoms with Gasteiger partial charge < -0.3 is 60.7 Å². The van der Waals surface area contributed by atoms with Crippen LogP contribution >= 0.6 is 0 Å². The Hall–Kier alpha value is -11.1. The van der Waals surface area contributed by atoms with E-state index < -0.39 is 184 Å². The minimum atomic E-state index is -5.31. The second-order valence-electron chi connectivity index (χ2n) is 37.8. The van der Waals surface area contributed by atoms with E-state index in [1.165, 1.54) is 48.5 Å². The van der Waals surface area contributed by atoms with E-state index in [2.05, 4.69) is 0 Å². The average molecular weight is 2180 g/mol. The van der Waals surface area contributed by atoms with Crippen molar-refractivity contribution >= 4 is 192 Å². The molecule has 0 bridgehead atoms. The van der Waals surface area contributed by atoms with Crippen molar-refractivity contribution in [2.75, 3.05) is 59.0 Å². The van der Waals surface area contributed by atoms with Crippen molar-refractivity contribution in [3.05, 3.63) is 232 Å². The molecule has 0 aliphatic carbocycles. The number of anilines is 2. The lowest BCUT2D eigenvalue weighted by molar-refractivity contribution is -0.437. The molecule has 13 rings (SSSR count). The molecule has 0 radical (unpaired) electrons. The van der Waals surface area contributed by atoms with E-state index in [9.17, 15) is 141 Å². The van der Waals surface area contributed by atoms with Crippen LogP contribution < -0.4 is 9.80 Å². The van der Waals surface area contributed by atoms with Crippen molar-refractivity contribution in [3.63, 3.8) is 0 Å². The number of hydrogen-bond donors (Lipinski definition) is 1. The van der Waals surface area contributed by atoms with E-state index >= 15 is 0 Å². The molecule has 146 heavy (non-hydrogen) atoms. The highest BCUT2D eigenvalue weighted by molar-refractivity contribution is 7.88. The first-order chi connectivity index (χ1) is 67.7. The molecule has 5 aliphatic rings. The number of unbranched alkanes of at least 4 members (excludes halogenated alkanes) is 4. The van der Waals surface area contributed by atoms with Gasteiger partial charge >= 0.3 is 11.9 Å². The Balaban J connectivity index is 0.000000260. The minimum absolute atomic E-state index is 0.0152. The summed E-state index contributed by atoms with van der Waals surface area (Å²) >= 11 is 0. The van der Waals surface area contributed by atoms with Gasteiger partial charge in [0.05, 0.1) is 75.8 Å². The van der Waals surface area contributed by atoms with Crippen LogP contribution in [0.5, 0.6) is 0 Å². The monoisotopic (exact) mass is 2180 g/mol. The molecule has 786 valence electrons. The van der Waals surface area contributed by atoms with Crippen molar-refractivity contribution < 1.29 is 155 Å². The normalized spacial score (nSPS) is 18.6. The number of carbonyl (C=O) groups is 4. The molecule has 5 heterocycles. The molecule has 1 saturated heterocycles. The predicted octanol–water partition coefficient (Wildman–Crippen LogP) is 12.2. The fraction of sp³-hybridized carbons (Fsp3) is 0.374. The van der Waals surface area contributed by atoms with Gasteiger partial charge in [0.1, 0.15) is 63.7 Å². The van der Waals surface area contributed by atoms with Gasteiger partial charge in [-0.3, -0.25) is 14.4 Å². The van der Waals surface area contributed by atoms with Gasteiger partial charge in [-0.25, -0.2) is 80.6 Å². The molecule has 2 unspecified atom stereocenters. The number of hydrogen-bond acceptors (Lipinski definition) is 34. The highest BCUT2D eigenvalue weighted by Crippen LogP contribution is 2.57. The van der Waals surface area contributed by atoms with E-state index in [1.54, 1.807) is 136 Å². The highest BCUT2D eigenvalue weighted by atomic mass is 32.3. The van der Waals surface area contributed by atoms with Gasteiger partial charge in [0, 0.05) is 149 Å². The molecule has 8 aromatic carbocycles. The second kappa shape index (κ2) is 43.6. The number of aryl methyl sites for hydroxylation is 3. The van der Waals surface area contributed by atoms with Crippen LogP contribution in [0.3, 0.4) is 0 Å². The van der Waals surface area contributed by atoms with Gasteiger partial charge in [-0.1, -0.05) is 98.6 Å². The third-order valence-electron chi connectivity index (χ3n) is 26.8. The number of fused-ring (bicyclic) bond motifs is 12. The average Bonchev–Trinajstić information content (AvgIpc) is 1.57. The van der Waals surface area contributed by atoms with Crippen LogP contribution in [0.4, 0.5) is 22.7 Å². The van der Waals surface area contributed by atoms with Crippen molar-refractivity contribution in [1.82, 2.24) is 5.06 Å². The minimum Gasteiger partial charge on any atom is -0.748 e. The Morgan fingerprint density at radius 3 is 1.05 bits per heavy atom. The summed E-state index contributed by atoms with van der Waals surface area (Å²) in [5, 5.41) is 13.1. The lowest BCUT2D eigenvalue weighted by Crippen LogP contribution is -2.32. The van der Waals surface area contributed by atoms with Gasteiger partial charge in [-0.05, 0) is 251 Å². The Morgan fingerprint density at radius 2 is 0.692 bits per heavy atom. The van der Waals surface area contributed by atoms with Crippen LogP contribution in [0.25, 0.3) is 43.1 Å². The molecule has 1 fully saturated rings. The Bertz CT molecular complexity index is 8170. The zero-order valence-corrected chi connectivity index (χ0v) is 88.1. The number of imide groups is 1. The smallest absolute Gasteiger partial charge is 0.333 e. The number of carboxylic acid groups (broad SMARTS) is 1. The Morgan fingerprint density at radius 1 is 0.370 bits per heavy atom. The summed E-state index contributed by atoms with van der Waals surface area (Å²) in [6.45, 7) is 16.3. The molecule has 2 amide bonds. The first-order valence-corrected chi connectivity index (χ1v) is 59.5. The Kier molecular flexibility index (Phi) is 34.0. The molecule has 0 saturated carbocycles. The second-order valence-corrected chi connectivity index (χ2v) is 50.8. The van der Waals surface area contributed by atoms with E-state index in [1.807, 2.05) is 66.4 Å². The number of hydroxylamine groups is 2. The third kappa shape index (κ3) is 26.1. The fourth-order valence-corrected chi connectivity index (χ4v) is 25.4. The maximum atomic E-state index is 12.6. The van der Waals surface area contributed by atoms with Crippen LogP contribution in [-0.4, -0.2) is 220 Å². The topological polar surface area (TPSA) is 628 Å². The SMILES string of the molecule is Cc1cc(S(=O)(=O)[O-])cc2c3c(ccc12)N(CCCS(=O)(=O)[O-])C(=CC=CC=CC=CC1=[N+](CCCS(=O)(=O)[O-])c2ccc4c(S(=O)(=O)[O-])cc(S(=O)(=O)[O-])cc4c2C1(C)C)C3(C)CCCCCC(=O)O.Cc1cc(S(=O)(=O)[O-])cc2c3c(ccc12)[N+](CCCS(=O)(=O)[O-])=C(C=CC=CC=CC=C1N(CCCS(=O)(=O)[O-])c2ccc4c(C)cc(S(=O)(=O)[O-])cc4c2C1(C)CCCCCC(=O)ON1C(=O)CCC1=O)C3(C)C. The number of rotatable bonds is 42. The summed E-state index contributed by atoms with van der Waals surface area (Å²) in [6, 6.07) is 23.0.